The number of likely N-dealkylation sites (N-methyl/N-ethyl adjacent to an activating group) is 1. The summed E-state index contributed by atoms with van der Waals surface area (Å²) < 4.78 is 0. The molecule has 0 saturated carbocycles. The third-order valence-corrected chi connectivity index (χ3v) is 3.46. The molecule has 1 heterocycles. The van der Waals surface area contributed by atoms with Gasteiger partial charge in [-0.2, -0.15) is 0 Å². The van der Waals surface area contributed by atoms with E-state index in [-0.39, 0.29) is 11.8 Å². The van der Waals surface area contributed by atoms with Crippen LogP contribution in [-0.2, 0) is 16.1 Å². The molecule has 0 radical (unpaired) electrons. The van der Waals surface area contributed by atoms with Gasteiger partial charge >= 0.3 is 0 Å². The summed E-state index contributed by atoms with van der Waals surface area (Å²) in [6, 6.07) is 4.09. The highest BCUT2D eigenvalue weighted by Crippen LogP contribution is 2.11. The SMILES string of the molecule is CCN(CC(=O)NCCNC(C)=O)Cc1cccs1. The Hall–Kier alpha value is -1.40. The predicted octanol–water partition coefficient (Wildman–Crippen LogP) is 0.822. The van der Waals surface area contributed by atoms with E-state index in [9.17, 15) is 9.59 Å². The zero-order chi connectivity index (χ0) is 14.1. The van der Waals surface area contributed by atoms with Crippen LogP contribution in [0.15, 0.2) is 17.5 Å². The fourth-order valence-corrected chi connectivity index (χ4v) is 2.35. The van der Waals surface area contributed by atoms with Crippen LogP contribution in [0.2, 0.25) is 0 Å². The minimum absolute atomic E-state index is 0.0104. The van der Waals surface area contributed by atoms with Crippen LogP contribution in [-0.4, -0.2) is 42.9 Å². The summed E-state index contributed by atoms with van der Waals surface area (Å²) >= 11 is 1.70. The minimum atomic E-state index is -0.0814. The van der Waals surface area contributed by atoms with Crippen molar-refractivity contribution in [2.24, 2.45) is 0 Å². The number of nitrogens with zero attached hydrogens (tertiary/aromatic N) is 1. The number of rotatable bonds is 8. The second-order valence-corrected chi connectivity index (χ2v) is 5.25. The molecular formula is C13H21N3O2S. The smallest absolute Gasteiger partial charge is 0.234 e. The van der Waals surface area contributed by atoms with Gasteiger partial charge in [0.1, 0.15) is 0 Å². The first kappa shape index (κ1) is 15.7. The zero-order valence-electron chi connectivity index (χ0n) is 11.4. The van der Waals surface area contributed by atoms with Gasteiger partial charge in [0.2, 0.25) is 11.8 Å². The van der Waals surface area contributed by atoms with Crippen LogP contribution in [0.1, 0.15) is 18.7 Å². The second kappa shape index (κ2) is 8.66. The Morgan fingerprint density at radius 1 is 1.32 bits per heavy atom. The quantitative estimate of drug-likeness (QED) is 0.695. The van der Waals surface area contributed by atoms with Crippen molar-refractivity contribution in [2.75, 3.05) is 26.2 Å². The van der Waals surface area contributed by atoms with Gasteiger partial charge in [-0.05, 0) is 18.0 Å². The van der Waals surface area contributed by atoms with Gasteiger partial charge in [-0.3, -0.25) is 14.5 Å². The highest BCUT2D eigenvalue weighted by molar-refractivity contribution is 7.09. The molecule has 2 N–H and O–H groups in total. The van der Waals surface area contributed by atoms with Gasteiger partial charge in [0.15, 0.2) is 0 Å². The minimum Gasteiger partial charge on any atom is -0.355 e. The van der Waals surface area contributed by atoms with Crippen LogP contribution < -0.4 is 10.6 Å². The third kappa shape index (κ3) is 6.93. The Balaban J connectivity index is 2.23. The van der Waals surface area contributed by atoms with E-state index in [4.69, 9.17) is 0 Å². The lowest BCUT2D eigenvalue weighted by Crippen LogP contribution is -2.40. The van der Waals surface area contributed by atoms with E-state index in [1.165, 1.54) is 11.8 Å². The van der Waals surface area contributed by atoms with Crippen molar-refractivity contribution in [2.45, 2.75) is 20.4 Å². The van der Waals surface area contributed by atoms with E-state index in [0.717, 1.165) is 13.1 Å². The predicted molar refractivity (Wildman–Crippen MR) is 77.0 cm³/mol. The molecule has 5 nitrogen and oxygen atoms in total. The van der Waals surface area contributed by atoms with Crippen LogP contribution in [0.4, 0.5) is 0 Å². The van der Waals surface area contributed by atoms with Crippen molar-refractivity contribution in [3.63, 3.8) is 0 Å². The maximum Gasteiger partial charge on any atom is 0.234 e. The van der Waals surface area contributed by atoms with Crippen molar-refractivity contribution in [1.82, 2.24) is 15.5 Å². The molecule has 0 saturated heterocycles. The van der Waals surface area contributed by atoms with E-state index in [0.29, 0.717) is 19.6 Å². The molecular weight excluding hydrogens is 262 g/mol. The van der Waals surface area contributed by atoms with Gasteiger partial charge in [-0.1, -0.05) is 13.0 Å². The molecule has 1 aromatic heterocycles. The number of thiophene rings is 1. The number of carbonyl (C=O) groups excluding carboxylic acids is 2. The van der Waals surface area contributed by atoms with Gasteiger partial charge in [0.05, 0.1) is 6.54 Å². The first-order valence-corrected chi connectivity index (χ1v) is 7.25. The summed E-state index contributed by atoms with van der Waals surface area (Å²) in [6.45, 7) is 6.45. The fourth-order valence-electron chi connectivity index (χ4n) is 1.60. The van der Waals surface area contributed by atoms with E-state index >= 15 is 0 Å². The van der Waals surface area contributed by atoms with Crippen molar-refractivity contribution in [3.05, 3.63) is 22.4 Å². The number of carbonyl (C=O) groups is 2. The first-order chi connectivity index (χ1) is 9.11. The van der Waals surface area contributed by atoms with E-state index in [1.807, 2.05) is 18.4 Å². The van der Waals surface area contributed by atoms with Crippen LogP contribution in [0.5, 0.6) is 0 Å². The normalized spacial score (nSPS) is 10.5. The molecule has 0 spiro atoms. The van der Waals surface area contributed by atoms with Gasteiger partial charge in [0, 0.05) is 31.4 Å². The third-order valence-electron chi connectivity index (χ3n) is 2.60. The number of hydrogen-bond acceptors (Lipinski definition) is 4. The van der Waals surface area contributed by atoms with Gasteiger partial charge in [-0.15, -0.1) is 11.3 Å². The zero-order valence-corrected chi connectivity index (χ0v) is 12.3. The molecule has 0 aliphatic heterocycles. The van der Waals surface area contributed by atoms with Gasteiger partial charge < -0.3 is 10.6 Å². The summed E-state index contributed by atoms with van der Waals surface area (Å²) in [4.78, 5) is 25.7. The maximum absolute atomic E-state index is 11.7. The molecule has 0 fully saturated rings. The second-order valence-electron chi connectivity index (χ2n) is 4.22. The van der Waals surface area contributed by atoms with Crippen LogP contribution >= 0.6 is 11.3 Å². The highest BCUT2D eigenvalue weighted by Gasteiger charge is 2.09. The van der Waals surface area contributed by atoms with Crippen molar-refractivity contribution < 1.29 is 9.59 Å². The van der Waals surface area contributed by atoms with Crippen molar-refractivity contribution >= 4 is 23.2 Å². The lowest BCUT2D eigenvalue weighted by Gasteiger charge is -2.19. The van der Waals surface area contributed by atoms with Crippen molar-refractivity contribution in [3.8, 4) is 0 Å². The highest BCUT2D eigenvalue weighted by atomic mass is 32.1. The summed E-state index contributed by atoms with van der Waals surface area (Å²) in [7, 11) is 0. The van der Waals surface area contributed by atoms with E-state index in [1.54, 1.807) is 11.3 Å². The average Bonchev–Trinajstić information content (AvgIpc) is 2.86. The molecule has 1 aromatic rings. The molecule has 2 amide bonds. The monoisotopic (exact) mass is 283 g/mol. The Bertz CT molecular complexity index is 393. The average molecular weight is 283 g/mol. The van der Waals surface area contributed by atoms with Gasteiger partial charge in [-0.25, -0.2) is 0 Å². The summed E-state index contributed by atoms with van der Waals surface area (Å²) in [5, 5.41) is 7.47. The Kier molecular flexibility index (Phi) is 7.14. The number of amides is 2. The molecule has 1 rings (SSSR count). The molecule has 0 aliphatic rings. The lowest BCUT2D eigenvalue weighted by atomic mass is 10.4. The van der Waals surface area contributed by atoms with E-state index in [2.05, 4.69) is 21.6 Å². The number of nitrogens with one attached hydrogen (secondary N) is 2. The standard InChI is InChI=1S/C13H21N3O2S/c1-3-16(9-12-5-4-8-19-12)10-13(18)15-7-6-14-11(2)17/h4-5,8H,3,6-7,9-10H2,1-2H3,(H,14,17)(H,15,18). The molecule has 0 aliphatic carbocycles. The maximum atomic E-state index is 11.7. The first-order valence-electron chi connectivity index (χ1n) is 6.37. The Labute approximate surface area is 118 Å². The molecule has 0 unspecified atom stereocenters. The van der Waals surface area contributed by atoms with Crippen LogP contribution in [0, 0.1) is 0 Å². The number of hydrogen-bond donors (Lipinski definition) is 2. The van der Waals surface area contributed by atoms with Crippen LogP contribution in [0.25, 0.3) is 0 Å². The Morgan fingerprint density at radius 2 is 2.05 bits per heavy atom. The molecule has 19 heavy (non-hydrogen) atoms. The lowest BCUT2D eigenvalue weighted by molar-refractivity contribution is -0.123. The van der Waals surface area contributed by atoms with E-state index < -0.39 is 0 Å². The summed E-state index contributed by atoms with van der Waals surface area (Å²) in [5.41, 5.74) is 0. The van der Waals surface area contributed by atoms with Crippen LogP contribution in [0.3, 0.4) is 0 Å². The van der Waals surface area contributed by atoms with Gasteiger partial charge in [0.25, 0.3) is 0 Å². The Morgan fingerprint density at radius 3 is 2.63 bits per heavy atom. The van der Waals surface area contributed by atoms with Crippen molar-refractivity contribution in [1.29, 1.82) is 0 Å². The molecule has 0 aromatic carbocycles. The molecule has 6 heteroatoms. The largest absolute Gasteiger partial charge is 0.355 e. The molecule has 106 valence electrons. The topological polar surface area (TPSA) is 61.4 Å². The fraction of sp³-hybridized carbons (Fsp3) is 0.538. The molecule has 0 atom stereocenters. The molecule has 0 bridgehead atoms. The summed E-state index contributed by atoms with van der Waals surface area (Å²) in [6.07, 6.45) is 0. The summed E-state index contributed by atoms with van der Waals surface area (Å²) in [5.74, 6) is -0.0918.